The average Bonchev–Trinajstić information content (AvgIpc) is 2.46. The Kier molecular flexibility index (Phi) is 1.01. The zero-order valence-corrected chi connectivity index (χ0v) is 5.20. The summed E-state index contributed by atoms with van der Waals surface area (Å²) >= 11 is 0. The molecule has 0 atom stereocenters. The lowest BCUT2D eigenvalue weighted by Crippen LogP contribution is -1.99. The maximum Gasteiger partial charge on any atom is 0.0692 e. The highest BCUT2D eigenvalue weighted by Gasteiger charge is 2.21. The predicted molar refractivity (Wildman–Crippen MR) is 32.7 cm³/mol. The summed E-state index contributed by atoms with van der Waals surface area (Å²) in [6.45, 7) is 1.07. The molecule has 0 unspecified atom stereocenters. The van der Waals surface area contributed by atoms with E-state index in [9.17, 15) is 0 Å². The molecular weight excluding hydrogens is 114 g/mol. The first-order chi connectivity index (χ1) is 4.45. The number of rotatable bonds is 2. The van der Waals surface area contributed by atoms with E-state index in [1.807, 2.05) is 10.9 Å². The van der Waals surface area contributed by atoms with E-state index in [0.717, 1.165) is 12.5 Å². The van der Waals surface area contributed by atoms with Crippen molar-refractivity contribution >= 4 is 0 Å². The van der Waals surface area contributed by atoms with Crippen molar-refractivity contribution in [3.05, 3.63) is 12.4 Å². The van der Waals surface area contributed by atoms with Crippen LogP contribution in [0.4, 0.5) is 0 Å². The Hall–Kier alpha value is -0.860. The first kappa shape index (κ1) is 4.97. The van der Waals surface area contributed by atoms with Gasteiger partial charge in [0.15, 0.2) is 0 Å². The molecular formula is C6H9N3. The van der Waals surface area contributed by atoms with Crippen molar-refractivity contribution < 1.29 is 0 Å². The Bertz CT molecular complexity index is 176. The maximum absolute atomic E-state index is 3.86. The van der Waals surface area contributed by atoms with Crippen LogP contribution in [0.1, 0.15) is 12.8 Å². The van der Waals surface area contributed by atoms with E-state index in [1.165, 1.54) is 12.8 Å². The lowest BCUT2D eigenvalue weighted by atomic mass is 10.4. The molecule has 3 nitrogen and oxygen atoms in total. The van der Waals surface area contributed by atoms with E-state index < -0.39 is 0 Å². The van der Waals surface area contributed by atoms with Crippen molar-refractivity contribution in [2.45, 2.75) is 19.4 Å². The molecule has 0 aromatic carbocycles. The summed E-state index contributed by atoms with van der Waals surface area (Å²) in [6.07, 6.45) is 6.39. The van der Waals surface area contributed by atoms with E-state index in [0.29, 0.717) is 0 Å². The van der Waals surface area contributed by atoms with Gasteiger partial charge in [-0.15, -0.1) is 5.10 Å². The standard InChI is InChI=1S/C6H9N3/c1-2-6(1)5-9-4-3-7-8-9/h3-4,6H,1-2,5H2. The molecule has 0 aliphatic heterocycles. The van der Waals surface area contributed by atoms with Crippen LogP contribution in [-0.2, 0) is 6.54 Å². The minimum Gasteiger partial charge on any atom is -0.252 e. The Labute approximate surface area is 53.7 Å². The highest BCUT2D eigenvalue weighted by Crippen LogP contribution is 2.29. The van der Waals surface area contributed by atoms with Gasteiger partial charge in [0.2, 0.25) is 0 Å². The third kappa shape index (κ3) is 1.09. The molecule has 9 heavy (non-hydrogen) atoms. The maximum atomic E-state index is 3.86. The second kappa shape index (κ2) is 1.83. The first-order valence-corrected chi connectivity index (χ1v) is 3.29. The molecule has 0 saturated heterocycles. The molecule has 1 aliphatic rings. The fourth-order valence-electron chi connectivity index (χ4n) is 0.895. The SMILES string of the molecule is c1cn(CC2CC2)nn1. The topological polar surface area (TPSA) is 30.7 Å². The fourth-order valence-corrected chi connectivity index (χ4v) is 0.895. The first-order valence-electron chi connectivity index (χ1n) is 3.29. The summed E-state index contributed by atoms with van der Waals surface area (Å²) in [4.78, 5) is 0. The van der Waals surface area contributed by atoms with Gasteiger partial charge in [-0.25, -0.2) is 0 Å². The summed E-state index contributed by atoms with van der Waals surface area (Å²) in [5.41, 5.74) is 0. The minimum atomic E-state index is 0.895. The van der Waals surface area contributed by atoms with Crippen LogP contribution >= 0.6 is 0 Å². The van der Waals surface area contributed by atoms with Crippen LogP contribution < -0.4 is 0 Å². The number of hydrogen-bond donors (Lipinski definition) is 0. The molecule has 0 amide bonds. The lowest BCUT2D eigenvalue weighted by molar-refractivity contribution is 0.544. The van der Waals surface area contributed by atoms with Gasteiger partial charge < -0.3 is 0 Å². The lowest BCUT2D eigenvalue weighted by Gasteiger charge is -1.93. The Morgan fingerprint density at radius 1 is 1.56 bits per heavy atom. The number of hydrogen-bond acceptors (Lipinski definition) is 2. The number of aromatic nitrogens is 3. The van der Waals surface area contributed by atoms with Gasteiger partial charge in [-0.1, -0.05) is 5.21 Å². The van der Waals surface area contributed by atoms with Crippen molar-refractivity contribution in [2.75, 3.05) is 0 Å². The smallest absolute Gasteiger partial charge is 0.0692 e. The molecule has 1 fully saturated rings. The predicted octanol–water partition coefficient (Wildman–Crippen LogP) is 0.688. The van der Waals surface area contributed by atoms with Crippen molar-refractivity contribution in [1.29, 1.82) is 0 Å². The van der Waals surface area contributed by atoms with Crippen LogP contribution in [0, 0.1) is 5.92 Å². The number of nitrogens with zero attached hydrogens (tertiary/aromatic N) is 3. The molecule has 1 aliphatic carbocycles. The van der Waals surface area contributed by atoms with Gasteiger partial charge in [-0.05, 0) is 18.8 Å². The third-order valence-corrected chi connectivity index (χ3v) is 1.61. The molecule has 3 heteroatoms. The van der Waals surface area contributed by atoms with E-state index in [-0.39, 0.29) is 0 Å². The highest BCUT2D eigenvalue weighted by molar-refractivity contribution is 4.75. The normalized spacial score (nSPS) is 18.2. The van der Waals surface area contributed by atoms with Crippen LogP contribution in [0.5, 0.6) is 0 Å². The van der Waals surface area contributed by atoms with E-state index in [2.05, 4.69) is 10.3 Å². The van der Waals surface area contributed by atoms with Crippen molar-refractivity contribution in [2.24, 2.45) is 5.92 Å². The Balaban J connectivity index is 1.99. The van der Waals surface area contributed by atoms with Gasteiger partial charge >= 0.3 is 0 Å². The van der Waals surface area contributed by atoms with Crippen LogP contribution in [0.2, 0.25) is 0 Å². The minimum absolute atomic E-state index is 0.895. The molecule has 1 heterocycles. The molecule has 1 saturated carbocycles. The molecule has 0 spiro atoms. The van der Waals surface area contributed by atoms with Gasteiger partial charge in [-0.2, -0.15) is 0 Å². The molecule has 0 N–H and O–H groups in total. The molecule has 0 bridgehead atoms. The summed E-state index contributed by atoms with van der Waals surface area (Å²) in [6, 6.07) is 0. The zero-order chi connectivity index (χ0) is 6.10. The fraction of sp³-hybridized carbons (Fsp3) is 0.667. The van der Waals surface area contributed by atoms with E-state index in [1.54, 1.807) is 6.20 Å². The quantitative estimate of drug-likeness (QED) is 0.579. The largest absolute Gasteiger partial charge is 0.252 e. The van der Waals surface area contributed by atoms with Crippen molar-refractivity contribution in [3.63, 3.8) is 0 Å². The van der Waals surface area contributed by atoms with Gasteiger partial charge in [-0.3, -0.25) is 4.68 Å². The monoisotopic (exact) mass is 123 g/mol. The molecule has 0 radical (unpaired) electrons. The van der Waals surface area contributed by atoms with Crippen LogP contribution in [0.25, 0.3) is 0 Å². The van der Waals surface area contributed by atoms with Gasteiger partial charge in [0, 0.05) is 12.7 Å². The van der Waals surface area contributed by atoms with Gasteiger partial charge in [0.05, 0.1) is 6.20 Å². The highest BCUT2D eigenvalue weighted by atomic mass is 15.4. The summed E-state index contributed by atoms with van der Waals surface area (Å²) in [5.74, 6) is 0.895. The summed E-state index contributed by atoms with van der Waals surface area (Å²) < 4.78 is 1.90. The molecule has 2 rings (SSSR count). The Morgan fingerprint density at radius 2 is 2.44 bits per heavy atom. The second-order valence-electron chi connectivity index (χ2n) is 2.57. The van der Waals surface area contributed by atoms with E-state index >= 15 is 0 Å². The van der Waals surface area contributed by atoms with Gasteiger partial charge in [0.25, 0.3) is 0 Å². The molecule has 1 aromatic heterocycles. The van der Waals surface area contributed by atoms with Crippen molar-refractivity contribution in [3.8, 4) is 0 Å². The second-order valence-corrected chi connectivity index (χ2v) is 2.57. The van der Waals surface area contributed by atoms with E-state index in [4.69, 9.17) is 0 Å². The zero-order valence-electron chi connectivity index (χ0n) is 5.20. The van der Waals surface area contributed by atoms with Gasteiger partial charge in [0.1, 0.15) is 0 Å². The van der Waals surface area contributed by atoms with Crippen LogP contribution in [0.3, 0.4) is 0 Å². The average molecular weight is 123 g/mol. The summed E-state index contributed by atoms with van der Waals surface area (Å²) in [7, 11) is 0. The van der Waals surface area contributed by atoms with Crippen LogP contribution in [0.15, 0.2) is 12.4 Å². The molecule has 48 valence electrons. The van der Waals surface area contributed by atoms with Crippen LogP contribution in [-0.4, -0.2) is 15.0 Å². The van der Waals surface area contributed by atoms with Crippen molar-refractivity contribution in [1.82, 2.24) is 15.0 Å². The summed E-state index contributed by atoms with van der Waals surface area (Å²) in [5, 5.41) is 7.58. The Morgan fingerprint density at radius 3 is 3.00 bits per heavy atom. The molecule has 1 aromatic rings. The third-order valence-electron chi connectivity index (χ3n) is 1.61.